The molecule has 0 atom stereocenters. The largest absolute Gasteiger partial charge is 0.490 e. The molecule has 0 saturated heterocycles. The molecule has 4 nitrogen and oxygen atoms in total. The molecule has 3 rings (SSSR count). The number of aliphatic imine (C=N–C) groups is 1. The molecule has 0 bridgehead atoms. The number of nitriles is 1. The molecule has 0 aliphatic heterocycles. The van der Waals surface area contributed by atoms with Gasteiger partial charge in [0.05, 0.1) is 18.8 Å². The lowest BCUT2D eigenvalue weighted by Gasteiger charge is -2.11. The molecule has 5 heteroatoms. The van der Waals surface area contributed by atoms with Crippen molar-refractivity contribution in [3.63, 3.8) is 0 Å². The van der Waals surface area contributed by atoms with Crippen LogP contribution in [0.2, 0.25) is 0 Å². The van der Waals surface area contributed by atoms with Crippen LogP contribution in [0.25, 0.3) is 0 Å². The van der Waals surface area contributed by atoms with Crippen molar-refractivity contribution >= 4 is 22.6 Å². The van der Waals surface area contributed by atoms with Crippen LogP contribution in [0.4, 0.5) is 5.00 Å². The quantitative estimate of drug-likeness (QED) is 0.682. The van der Waals surface area contributed by atoms with Gasteiger partial charge in [0.25, 0.3) is 0 Å². The van der Waals surface area contributed by atoms with Crippen LogP contribution in [-0.2, 0) is 12.8 Å². The van der Waals surface area contributed by atoms with Crippen LogP contribution in [0.3, 0.4) is 0 Å². The molecule has 0 radical (unpaired) electrons. The molecule has 0 spiro atoms. The predicted molar refractivity (Wildman–Crippen MR) is 102 cm³/mol. The summed E-state index contributed by atoms with van der Waals surface area (Å²) >= 11 is 1.66. The smallest absolute Gasteiger partial charge is 0.161 e. The Hall–Kier alpha value is -2.32. The fourth-order valence-electron chi connectivity index (χ4n) is 3.04. The molecule has 0 amide bonds. The maximum Gasteiger partial charge on any atom is 0.161 e. The van der Waals surface area contributed by atoms with Gasteiger partial charge < -0.3 is 9.47 Å². The molecule has 1 aliphatic carbocycles. The number of thiophene rings is 1. The highest BCUT2D eigenvalue weighted by molar-refractivity contribution is 7.16. The lowest BCUT2D eigenvalue weighted by atomic mass is 9.96. The third kappa shape index (κ3) is 3.85. The Morgan fingerprint density at radius 3 is 2.68 bits per heavy atom. The third-order valence-electron chi connectivity index (χ3n) is 4.16. The van der Waals surface area contributed by atoms with Crippen molar-refractivity contribution in [3.05, 3.63) is 39.8 Å². The summed E-state index contributed by atoms with van der Waals surface area (Å²) in [4.78, 5) is 5.93. The van der Waals surface area contributed by atoms with Crippen LogP contribution >= 0.6 is 11.3 Å². The van der Waals surface area contributed by atoms with E-state index in [4.69, 9.17) is 9.47 Å². The first-order valence-corrected chi connectivity index (χ1v) is 9.56. The highest BCUT2D eigenvalue weighted by Crippen LogP contribution is 2.39. The molecule has 2 aromatic rings. The van der Waals surface area contributed by atoms with Crippen LogP contribution in [0, 0.1) is 11.3 Å². The van der Waals surface area contributed by atoms with E-state index in [1.54, 1.807) is 17.6 Å². The van der Waals surface area contributed by atoms with Crippen molar-refractivity contribution in [1.29, 1.82) is 5.26 Å². The van der Waals surface area contributed by atoms with Crippen molar-refractivity contribution in [3.8, 4) is 17.6 Å². The minimum absolute atomic E-state index is 0.580. The Labute approximate surface area is 152 Å². The third-order valence-corrected chi connectivity index (χ3v) is 5.36. The van der Waals surface area contributed by atoms with Crippen molar-refractivity contribution in [2.45, 2.75) is 39.5 Å². The molecule has 1 heterocycles. The van der Waals surface area contributed by atoms with Crippen LogP contribution in [0.1, 0.15) is 48.3 Å². The number of ether oxygens (including phenoxy) is 2. The van der Waals surface area contributed by atoms with E-state index >= 15 is 0 Å². The van der Waals surface area contributed by atoms with E-state index in [0.29, 0.717) is 13.2 Å². The zero-order chi connectivity index (χ0) is 17.6. The molecule has 1 aromatic heterocycles. The van der Waals surface area contributed by atoms with E-state index in [-0.39, 0.29) is 0 Å². The number of rotatable bonds is 6. The Morgan fingerprint density at radius 1 is 1.16 bits per heavy atom. The number of nitrogens with zero attached hydrogens (tertiary/aromatic N) is 2. The Morgan fingerprint density at radius 2 is 1.92 bits per heavy atom. The van der Waals surface area contributed by atoms with Crippen molar-refractivity contribution in [2.24, 2.45) is 4.99 Å². The maximum absolute atomic E-state index is 9.52. The molecule has 0 unspecified atom stereocenters. The van der Waals surface area contributed by atoms with Gasteiger partial charge in [-0.3, -0.25) is 0 Å². The van der Waals surface area contributed by atoms with Gasteiger partial charge in [-0.1, -0.05) is 0 Å². The highest BCUT2D eigenvalue weighted by atomic mass is 32.1. The average molecular weight is 354 g/mol. The first kappa shape index (κ1) is 17.5. The van der Waals surface area contributed by atoms with Crippen molar-refractivity contribution < 1.29 is 9.47 Å². The maximum atomic E-state index is 9.52. The molecule has 0 fully saturated rings. The predicted octanol–water partition coefficient (Wildman–Crippen LogP) is 5.05. The molecule has 25 heavy (non-hydrogen) atoms. The number of benzene rings is 1. The van der Waals surface area contributed by atoms with Gasteiger partial charge in [-0.25, -0.2) is 4.99 Å². The Balaban J connectivity index is 1.88. The van der Waals surface area contributed by atoms with Crippen molar-refractivity contribution in [2.75, 3.05) is 13.2 Å². The minimum Gasteiger partial charge on any atom is -0.490 e. The Bertz CT molecular complexity index is 818. The first-order valence-electron chi connectivity index (χ1n) is 8.75. The van der Waals surface area contributed by atoms with E-state index in [1.165, 1.54) is 16.9 Å². The highest BCUT2D eigenvalue weighted by Gasteiger charge is 2.20. The molecule has 1 aliphatic rings. The number of hydrogen-bond donors (Lipinski definition) is 0. The van der Waals surface area contributed by atoms with Gasteiger partial charge in [-0.15, -0.1) is 11.3 Å². The second kappa shape index (κ2) is 8.17. The summed E-state index contributed by atoms with van der Waals surface area (Å²) in [6.07, 6.45) is 6.25. The fourth-order valence-corrected chi connectivity index (χ4v) is 4.22. The van der Waals surface area contributed by atoms with Gasteiger partial charge in [-0.2, -0.15) is 5.26 Å². The molecule has 130 valence electrons. The summed E-state index contributed by atoms with van der Waals surface area (Å²) in [5.74, 6) is 1.46. The van der Waals surface area contributed by atoms with E-state index < -0.39 is 0 Å². The topological polar surface area (TPSA) is 54.6 Å². The average Bonchev–Trinajstić information content (AvgIpc) is 2.99. The molecular formula is C20H22N2O2S. The molecule has 0 saturated carbocycles. The van der Waals surface area contributed by atoms with Crippen LogP contribution < -0.4 is 9.47 Å². The summed E-state index contributed by atoms with van der Waals surface area (Å²) in [6.45, 7) is 5.08. The van der Waals surface area contributed by atoms with Gasteiger partial charge in [0, 0.05) is 11.1 Å². The summed E-state index contributed by atoms with van der Waals surface area (Å²) in [5, 5.41) is 10.3. The zero-order valence-electron chi connectivity index (χ0n) is 14.7. The first-order chi connectivity index (χ1) is 12.3. The SMILES string of the molecule is CCOc1ccc(/C=N/c2sc3c(c2C#N)CCCC3)cc1OCC. The standard InChI is InChI=1S/C20H22N2O2S/c1-3-23-17-10-9-14(11-18(17)24-4-2)13-22-20-16(12-21)15-7-5-6-8-19(15)25-20/h9-11,13H,3-8H2,1-2H3/b22-13+. The van der Waals surface area contributed by atoms with E-state index in [1.807, 2.05) is 32.0 Å². The minimum atomic E-state index is 0.580. The van der Waals surface area contributed by atoms with Gasteiger partial charge in [0.1, 0.15) is 11.1 Å². The van der Waals surface area contributed by atoms with Crippen LogP contribution in [0.5, 0.6) is 11.5 Å². The Kier molecular flexibility index (Phi) is 5.72. The monoisotopic (exact) mass is 354 g/mol. The lowest BCUT2D eigenvalue weighted by molar-refractivity contribution is 0.288. The van der Waals surface area contributed by atoms with E-state index in [2.05, 4.69) is 11.1 Å². The zero-order valence-corrected chi connectivity index (χ0v) is 15.5. The summed E-state index contributed by atoms with van der Waals surface area (Å²) < 4.78 is 11.2. The van der Waals surface area contributed by atoms with Gasteiger partial charge in [0.15, 0.2) is 11.5 Å². The van der Waals surface area contributed by atoms with Gasteiger partial charge >= 0.3 is 0 Å². The summed E-state index contributed by atoms with van der Waals surface area (Å²) in [5.41, 5.74) is 2.90. The van der Waals surface area contributed by atoms with Gasteiger partial charge in [-0.05, 0) is 68.9 Å². The van der Waals surface area contributed by atoms with Crippen molar-refractivity contribution in [1.82, 2.24) is 0 Å². The van der Waals surface area contributed by atoms with E-state index in [9.17, 15) is 5.26 Å². The number of hydrogen-bond acceptors (Lipinski definition) is 5. The van der Waals surface area contributed by atoms with Crippen LogP contribution in [0.15, 0.2) is 23.2 Å². The number of aryl methyl sites for hydroxylation is 1. The normalized spacial score (nSPS) is 13.5. The lowest BCUT2D eigenvalue weighted by Crippen LogP contribution is -1.99. The fraction of sp³-hybridized carbons (Fsp3) is 0.400. The molecule has 0 N–H and O–H groups in total. The van der Waals surface area contributed by atoms with Gasteiger partial charge in [0.2, 0.25) is 0 Å². The molecular weight excluding hydrogens is 332 g/mol. The summed E-state index contributed by atoms with van der Waals surface area (Å²) in [6, 6.07) is 8.14. The number of fused-ring (bicyclic) bond motifs is 1. The van der Waals surface area contributed by atoms with Crippen LogP contribution in [-0.4, -0.2) is 19.4 Å². The summed E-state index contributed by atoms with van der Waals surface area (Å²) in [7, 11) is 0. The molecule has 1 aromatic carbocycles. The second-order valence-electron chi connectivity index (χ2n) is 5.83. The second-order valence-corrected chi connectivity index (χ2v) is 6.92. The van der Waals surface area contributed by atoms with E-state index in [0.717, 1.165) is 46.9 Å².